The Kier molecular flexibility index (Phi) is 4.65. The van der Waals surface area contributed by atoms with Gasteiger partial charge in [-0.3, -0.25) is 4.79 Å². The van der Waals surface area contributed by atoms with E-state index in [9.17, 15) is 14.0 Å². The first kappa shape index (κ1) is 15.1. The van der Waals surface area contributed by atoms with Gasteiger partial charge >= 0.3 is 5.97 Å². The predicted molar refractivity (Wildman–Crippen MR) is 80.9 cm³/mol. The highest BCUT2D eigenvalue weighted by Gasteiger charge is 2.08. The summed E-state index contributed by atoms with van der Waals surface area (Å²) in [6.07, 6.45) is 2.93. The van der Waals surface area contributed by atoms with E-state index in [1.807, 2.05) is 0 Å². The third-order valence-electron chi connectivity index (χ3n) is 2.78. The van der Waals surface area contributed by atoms with Crippen molar-refractivity contribution in [2.75, 3.05) is 0 Å². The van der Waals surface area contributed by atoms with Crippen LogP contribution in [0, 0.1) is 5.82 Å². The number of benzene rings is 2. The third-order valence-corrected chi connectivity index (χ3v) is 3.44. The van der Waals surface area contributed by atoms with Gasteiger partial charge in [-0.1, -0.05) is 18.2 Å². The minimum Gasteiger partial charge on any atom is -0.478 e. The zero-order valence-electron chi connectivity index (χ0n) is 10.7. The van der Waals surface area contributed by atoms with Gasteiger partial charge in [0.25, 0.3) is 0 Å². The molecule has 5 heteroatoms. The molecule has 0 radical (unpaired) electrons. The molecule has 0 aliphatic carbocycles. The van der Waals surface area contributed by atoms with E-state index in [0.29, 0.717) is 15.6 Å². The number of ketones is 1. The van der Waals surface area contributed by atoms with E-state index in [1.165, 1.54) is 36.4 Å². The van der Waals surface area contributed by atoms with Crippen molar-refractivity contribution in [1.29, 1.82) is 0 Å². The first-order valence-electron chi connectivity index (χ1n) is 5.98. The topological polar surface area (TPSA) is 54.4 Å². The molecule has 0 amide bonds. The van der Waals surface area contributed by atoms with Crippen LogP contribution in [0.3, 0.4) is 0 Å². The highest BCUT2D eigenvalue weighted by Crippen LogP contribution is 2.19. The molecular formula is C16H10BrFO3. The second kappa shape index (κ2) is 6.45. The molecular weight excluding hydrogens is 339 g/mol. The lowest BCUT2D eigenvalue weighted by Gasteiger charge is -2.00. The molecule has 1 N–H and O–H groups in total. The fraction of sp³-hybridized carbons (Fsp3) is 0. The number of carboxylic acid groups (broad SMARTS) is 1. The molecule has 0 spiro atoms. The molecule has 2 rings (SSSR count). The van der Waals surface area contributed by atoms with Crippen molar-refractivity contribution >= 4 is 33.8 Å². The largest absolute Gasteiger partial charge is 0.478 e. The number of hydrogen-bond acceptors (Lipinski definition) is 2. The number of halogens is 2. The second-order valence-corrected chi connectivity index (χ2v) is 5.10. The van der Waals surface area contributed by atoms with Gasteiger partial charge in [-0.25, -0.2) is 9.18 Å². The predicted octanol–water partition coefficient (Wildman–Crippen LogP) is 4.18. The number of aromatic carboxylic acids is 1. The van der Waals surface area contributed by atoms with E-state index in [2.05, 4.69) is 15.9 Å². The standard InChI is InChI=1S/C16H10BrFO3/c17-14-9-12(18)6-7-13(14)15(19)8-3-10-1-4-11(5-2-10)16(20)21/h1-9H,(H,20,21)/b8-3+. The van der Waals surface area contributed by atoms with Crippen LogP contribution in [0.1, 0.15) is 26.3 Å². The van der Waals surface area contributed by atoms with E-state index in [0.717, 1.165) is 0 Å². The van der Waals surface area contributed by atoms with Gasteiger partial charge in [0.1, 0.15) is 5.82 Å². The molecule has 21 heavy (non-hydrogen) atoms. The van der Waals surface area contributed by atoms with Crippen LogP contribution in [0.25, 0.3) is 6.08 Å². The summed E-state index contributed by atoms with van der Waals surface area (Å²) < 4.78 is 13.3. The van der Waals surface area contributed by atoms with Crippen LogP contribution in [0.4, 0.5) is 4.39 Å². The van der Waals surface area contributed by atoms with Crippen LogP contribution in [0.2, 0.25) is 0 Å². The Balaban J connectivity index is 2.16. The Hall–Kier alpha value is -2.27. The molecule has 0 aliphatic heterocycles. The van der Waals surface area contributed by atoms with Crippen molar-refractivity contribution in [2.24, 2.45) is 0 Å². The molecule has 3 nitrogen and oxygen atoms in total. The van der Waals surface area contributed by atoms with E-state index < -0.39 is 11.8 Å². The normalized spacial score (nSPS) is 10.8. The summed E-state index contributed by atoms with van der Waals surface area (Å²) >= 11 is 3.14. The lowest BCUT2D eigenvalue weighted by Crippen LogP contribution is -1.97. The molecule has 2 aromatic carbocycles. The van der Waals surface area contributed by atoms with Gasteiger partial charge in [0.05, 0.1) is 5.56 Å². The molecule has 0 unspecified atom stereocenters. The second-order valence-electron chi connectivity index (χ2n) is 4.25. The highest BCUT2D eigenvalue weighted by atomic mass is 79.9. The smallest absolute Gasteiger partial charge is 0.335 e. The summed E-state index contributed by atoms with van der Waals surface area (Å²) in [7, 11) is 0. The lowest BCUT2D eigenvalue weighted by molar-refractivity contribution is 0.0696. The zero-order chi connectivity index (χ0) is 15.4. The van der Waals surface area contributed by atoms with Crippen LogP contribution >= 0.6 is 15.9 Å². The summed E-state index contributed by atoms with van der Waals surface area (Å²) in [4.78, 5) is 22.7. The summed E-state index contributed by atoms with van der Waals surface area (Å²) in [5.74, 6) is -1.70. The summed E-state index contributed by atoms with van der Waals surface area (Å²) in [6.45, 7) is 0. The highest BCUT2D eigenvalue weighted by molar-refractivity contribution is 9.10. The summed E-state index contributed by atoms with van der Waals surface area (Å²) in [5.41, 5.74) is 1.24. The maximum absolute atomic E-state index is 13.0. The number of hydrogen-bond donors (Lipinski definition) is 1. The molecule has 0 heterocycles. The van der Waals surface area contributed by atoms with Crippen molar-refractivity contribution < 1.29 is 19.1 Å². The van der Waals surface area contributed by atoms with Crippen molar-refractivity contribution in [3.05, 3.63) is 75.5 Å². The Morgan fingerprint density at radius 1 is 1.10 bits per heavy atom. The Morgan fingerprint density at radius 2 is 1.76 bits per heavy atom. The number of carbonyl (C=O) groups is 2. The lowest BCUT2D eigenvalue weighted by atomic mass is 10.1. The quantitative estimate of drug-likeness (QED) is 0.665. The minimum absolute atomic E-state index is 0.180. The van der Waals surface area contributed by atoms with Crippen LogP contribution < -0.4 is 0 Å². The van der Waals surface area contributed by atoms with E-state index in [1.54, 1.807) is 18.2 Å². The molecule has 2 aromatic rings. The SMILES string of the molecule is O=C(O)c1ccc(/C=C/C(=O)c2ccc(F)cc2Br)cc1. The fourth-order valence-corrected chi connectivity index (χ4v) is 2.23. The number of rotatable bonds is 4. The molecule has 0 saturated heterocycles. The Bertz CT molecular complexity index is 721. The van der Waals surface area contributed by atoms with Crippen molar-refractivity contribution in [3.63, 3.8) is 0 Å². The minimum atomic E-state index is -1.00. The number of carboxylic acids is 1. The van der Waals surface area contributed by atoms with Gasteiger partial charge in [-0.2, -0.15) is 0 Å². The molecule has 0 aromatic heterocycles. The van der Waals surface area contributed by atoms with Gasteiger partial charge in [0.15, 0.2) is 5.78 Å². The van der Waals surface area contributed by atoms with Crippen LogP contribution in [-0.2, 0) is 0 Å². The zero-order valence-corrected chi connectivity index (χ0v) is 12.3. The number of allylic oxidation sites excluding steroid dienone is 1. The average molecular weight is 349 g/mol. The van der Waals surface area contributed by atoms with E-state index >= 15 is 0 Å². The molecule has 0 aliphatic rings. The monoisotopic (exact) mass is 348 g/mol. The van der Waals surface area contributed by atoms with Crippen molar-refractivity contribution in [3.8, 4) is 0 Å². The Labute approximate surface area is 128 Å². The van der Waals surface area contributed by atoms with Crippen molar-refractivity contribution in [2.45, 2.75) is 0 Å². The molecule has 0 bridgehead atoms. The molecule has 0 fully saturated rings. The van der Waals surface area contributed by atoms with Crippen LogP contribution in [-0.4, -0.2) is 16.9 Å². The van der Waals surface area contributed by atoms with Gasteiger partial charge in [-0.15, -0.1) is 0 Å². The summed E-state index contributed by atoms with van der Waals surface area (Å²) in [6, 6.07) is 9.97. The molecule has 106 valence electrons. The molecule has 0 saturated carbocycles. The van der Waals surface area contributed by atoms with E-state index in [-0.39, 0.29) is 11.3 Å². The maximum Gasteiger partial charge on any atom is 0.335 e. The average Bonchev–Trinajstić information content (AvgIpc) is 2.45. The van der Waals surface area contributed by atoms with Crippen molar-refractivity contribution in [1.82, 2.24) is 0 Å². The first-order valence-corrected chi connectivity index (χ1v) is 6.77. The fourth-order valence-electron chi connectivity index (χ4n) is 1.69. The summed E-state index contributed by atoms with van der Waals surface area (Å²) in [5, 5.41) is 8.79. The van der Waals surface area contributed by atoms with Crippen LogP contribution in [0.15, 0.2) is 53.0 Å². The van der Waals surface area contributed by atoms with Crippen LogP contribution in [0.5, 0.6) is 0 Å². The van der Waals surface area contributed by atoms with Gasteiger partial charge in [0.2, 0.25) is 0 Å². The van der Waals surface area contributed by atoms with Gasteiger partial charge < -0.3 is 5.11 Å². The molecule has 0 atom stereocenters. The number of carbonyl (C=O) groups excluding carboxylic acids is 1. The van der Waals surface area contributed by atoms with E-state index in [4.69, 9.17) is 5.11 Å². The first-order chi connectivity index (χ1) is 9.97. The Morgan fingerprint density at radius 3 is 2.33 bits per heavy atom. The third kappa shape index (κ3) is 3.86. The van der Waals surface area contributed by atoms with Gasteiger partial charge in [-0.05, 0) is 57.9 Å². The van der Waals surface area contributed by atoms with Gasteiger partial charge in [0, 0.05) is 10.0 Å². The maximum atomic E-state index is 13.0.